The van der Waals surface area contributed by atoms with Gasteiger partial charge in [0, 0.05) is 12.2 Å². The molecule has 0 rings (SSSR count). The second kappa shape index (κ2) is 8.04. The molecule has 0 saturated carbocycles. The van der Waals surface area contributed by atoms with Crippen molar-refractivity contribution in [1.29, 1.82) is 0 Å². The number of aliphatic carboxylic acids is 1. The summed E-state index contributed by atoms with van der Waals surface area (Å²) in [6.45, 7) is 2.40. The topological polar surface area (TPSA) is 63.6 Å². The molecular formula is C10H14O4. The Hall–Kier alpha value is -1.58. The number of allylic oxidation sites excluding steroid dienone is 2. The Morgan fingerprint density at radius 1 is 1.29 bits per heavy atom. The number of rotatable bonds is 6. The number of unbranched alkanes of at least 4 members (excludes halogenated alkanes) is 1. The van der Waals surface area contributed by atoms with Crippen LogP contribution in [0.5, 0.6) is 0 Å². The van der Waals surface area contributed by atoms with Crippen molar-refractivity contribution < 1.29 is 19.4 Å². The number of esters is 1. The average molecular weight is 198 g/mol. The highest BCUT2D eigenvalue weighted by Crippen LogP contribution is 1.90. The lowest BCUT2D eigenvalue weighted by Crippen LogP contribution is -2.01. The quantitative estimate of drug-likeness (QED) is 0.304. The van der Waals surface area contributed by atoms with Crippen LogP contribution in [0.15, 0.2) is 24.3 Å². The molecule has 0 bridgehead atoms. The van der Waals surface area contributed by atoms with Gasteiger partial charge in [0.2, 0.25) is 0 Å². The first-order valence-electron chi connectivity index (χ1n) is 4.41. The van der Waals surface area contributed by atoms with Crippen molar-refractivity contribution in [1.82, 2.24) is 0 Å². The third-order valence-corrected chi connectivity index (χ3v) is 1.32. The van der Waals surface area contributed by atoms with Gasteiger partial charge in [-0.1, -0.05) is 25.5 Å². The van der Waals surface area contributed by atoms with Gasteiger partial charge >= 0.3 is 11.9 Å². The summed E-state index contributed by atoms with van der Waals surface area (Å²) in [7, 11) is 0. The number of hydrogen-bond donors (Lipinski definition) is 1. The summed E-state index contributed by atoms with van der Waals surface area (Å²) in [5.74, 6) is -1.50. The fourth-order valence-corrected chi connectivity index (χ4v) is 0.637. The van der Waals surface area contributed by atoms with Crippen LogP contribution in [0, 0.1) is 0 Å². The van der Waals surface area contributed by atoms with Crippen LogP contribution in [0.4, 0.5) is 0 Å². The highest BCUT2D eigenvalue weighted by molar-refractivity contribution is 5.83. The first-order chi connectivity index (χ1) is 6.66. The van der Waals surface area contributed by atoms with Crippen LogP contribution in [-0.4, -0.2) is 23.7 Å². The zero-order chi connectivity index (χ0) is 10.8. The lowest BCUT2D eigenvalue weighted by Gasteiger charge is -1.97. The van der Waals surface area contributed by atoms with Gasteiger partial charge < -0.3 is 9.84 Å². The van der Waals surface area contributed by atoms with Crippen molar-refractivity contribution >= 4 is 11.9 Å². The van der Waals surface area contributed by atoms with E-state index in [9.17, 15) is 9.59 Å². The summed E-state index contributed by atoms with van der Waals surface area (Å²) in [5.41, 5.74) is 0. The van der Waals surface area contributed by atoms with Gasteiger partial charge in [0.25, 0.3) is 0 Å². The number of carboxylic acid groups (broad SMARTS) is 1. The van der Waals surface area contributed by atoms with Crippen LogP contribution in [0.2, 0.25) is 0 Å². The minimum atomic E-state index is -1.05. The molecule has 0 radical (unpaired) electrons. The first kappa shape index (κ1) is 12.4. The first-order valence-corrected chi connectivity index (χ1v) is 4.41. The van der Waals surface area contributed by atoms with Crippen molar-refractivity contribution in [2.75, 3.05) is 6.61 Å². The predicted octanol–water partition coefficient (Wildman–Crippen LogP) is 1.53. The summed E-state index contributed by atoms with van der Waals surface area (Å²) in [4.78, 5) is 20.9. The van der Waals surface area contributed by atoms with Crippen molar-refractivity contribution in [3.8, 4) is 0 Å². The van der Waals surface area contributed by atoms with Crippen LogP contribution >= 0.6 is 0 Å². The maximum Gasteiger partial charge on any atom is 0.330 e. The Morgan fingerprint density at radius 2 is 1.93 bits per heavy atom. The molecule has 4 nitrogen and oxygen atoms in total. The van der Waals surface area contributed by atoms with Gasteiger partial charge in [0.05, 0.1) is 6.61 Å². The largest absolute Gasteiger partial charge is 0.478 e. The predicted molar refractivity (Wildman–Crippen MR) is 51.8 cm³/mol. The van der Waals surface area contributed by atoms with Gasteiger partial charge in [0.15, 0.2) is 0 Å². The molecule has 0 fully saturated rings. The Morgan fingerprint density at radius 3 is 2.50 bits per heavy atom. The number of carboxylic acids is 1. The summed E-state index contributed by atoms with van der Waals surface area (Å²) < 4.78 is 4.78. The average Bonchev–Trinajstić information content (AvgIpc) is 2.13. The van der Waals surface area contributed by atoms with Crippen molar-refractivity contribution in [3.05, 3.63) is 24.3 Å². The summed E-state index contributed by atoms with van der Waals surface area (Å²) in [6, 6.07) is 0. The lowest BCUT2D eigenvalue weighted by atomic mass is 10.4. The van der Waals surface area contributed by atoms with E-state index in [4.69, 9.17) is 9.84 Å². The molecule has 0 amide bonds. The van der Waals surface area contributed by atoms with E-state index in [0.717, 1.165) is 18.9 Å². The zero-order valence-electron chi connectivity index (χ0n) is 8.10. The molecule has 1 N–H and O–H groups in total. The molecule has 0 aromatic heterocycles. The third kappa shape index (κ3) is 8.52. The smallest absolute Gasteiger partial charge is 0.330 e. The minimum absolute atomic E-state index is 0.405. The summed E-state index contributed by atoms with van der Waals surface area (Å²) in [5, 5.41) is 8.22. The Labute approximate surface area is 82.9 Å². The highest BCUT2D eigenvalue weighted by atomic mass is 16.5. The van der Waals surface area contributed by atoms with E-state index in [1.165, 1.54) is 18.2 Å². The van der Waals surface area contributed by atoms with Crippen LogP contribution in [-0.2, 0) is 14.3 Å². The number of hydrogen-bond acceptors (Lipinski definition) is 3. The van der Waals surface area contributed by atoms with Crippen molar-refractivity contribution in [2.45, 2.75) is 19.8 Å². The minimum Gasteiger partial charge on any atom is -0.478 e. The molecule has 0 heterocycles. The van der Waals surface area contributed by atoms with Crippen LogP contribution < -0.4 is 0 Å². The Kier molecular flexibility index (Phi) is 7.13. The van der Waals surface area contributed by atoms with Gasteiger partial charge in [-0.05, 0) is 6.42 Å². The second-order valence-corrected chi connectivity index (χ2v) is 2.58. The molecular weight excluding hydrogens is 184 g/mol. The molecule has 0 aromatic rings. The fourth-order valence-electron chi connectivity index (χ4n) is 0.637. The molecule has 0 aromatic carbocycles. The molecule has 0 aliphatic rings. The van der Waals surface area contributed by atoms with E-state index in [1.807, 2.05) is 6.92 Å². The summed E-state index contributed by atoms with van der Waals surface area (Å²) in [6.07, 6.45) is 6.54. The van der Waals surface area contributed by atoms with Crippen molar-refractivity contribution in [2.24, 2.45) is 0 Å². The number of ether oxygens (including phenoxy) is 1. The molecule has 0 atom stereocenters. The lowest BCUT2D eigenvalue weighted by molar-refractivity contribution is -0.138. The van der Waals surface area contributed by atoms with Gasteiger partial charge in [-0.25, -0.2) is 9.59 Å². The second-order valence-electron chi connectivity index (χ2n) is 2.58. The molecule has 14 heavy (non-hydrogen) atoms. The molecule has 0 aliphatic heterocycles. The zero-order valence-corrected chi connectivity index (χ0v) is 8.10. The molecule has 0 unspecified atom stereocenters. The fraction of sp³-hybridized carbons (Fsp3) is 0.400. The summed E-state index contributed by atoms with van der Waals surface area (Å²) >= 11 is 0. The van der Waals surface area contributed by atoms with Gasteiger partial charge in [-0.15, -0.1) is 0 Å². The van der Waals surface area contributed by atoms with Crippen LogP contribution in [0.1, 0.15) is 19.8 Å². The molecule has 78 valence electrons. The number of carbonyl (C=O) groups is 2. The Balaban J connectivity index is 3.66. The van der Waals surface area contributed by atoms with E-state index < -0.39 is 11.9 Å². The molecule has 0 spiro atoms. The van der Waals surface area contributed by atoms with Crippen molar-refractivity contribution in [3.63, 3.8) is 0 Å². The van der Waals surface area contributed by atoms with Crippen LogP contribution in [0.3, 0.4) is 0 Å². The normalized spacial score (nSPS) is 10.9. The monoisotopic (exact) mass is 198 g/mol. The van der Waals surface area contributed by atoms with Gasteiger partial charge in [-0.3, -0.25) is 0 Å². The molecule has 0 saturated heterocycles. The van der Waals surface area contributed by atoms with E-state index >= 15 is 0 Å². The van der Waals surface area contributed by atoms with E-state index in [-0.39, 0.29) is 0 Å². The maximum atomic E-state index is 10.9. The Bertz CT molecular complexity index is 241. The van der Waals surface area contributed by atoms with Crippen LogP contribution in [0.25, 0.3) is 0 Å². The third-order valence-electron chi connectivity index (χ3n) is 1.32. The standard InChI is InChI=1S/C10H14O4/c1-2-3-8-14-10(13)7-5-4-6-9(11)12/h4-7H,2-3,8H2,1H3,(H,11,12)/b6-4+,7-5+. The van der Waals surface area contributed by atoms with E-state index in [0.29, 0.717) is 6.61 Å². The number of carbonyl (C=O) groups excluding carboxylic acids is 1. The highest BCUT2D eigenvalue weighted by Gasteiger charge is 1.93. The van der Waals surface area contributed by atoms with E-state index in [1.54, 1.807) is 0 Å². The van der Waals surface area contributed by atoms with E-state index in [2.05, 4.69) is 0 Å². The maximum absolute atomic E-state index is 10.9. The molecule has 4 heteroatoms. The molecule has 0 aliphatic carbocycles. The SMILES string of the molecule is CCCCOC(=O)/C=C/C=C/C(=O)O. The van der Waals surface area contributed by atoms with Gasteiger partial charge in [0.1, 0.15) is 0 Å². The van der Waals surface area contributed by atoms with Gasteiger partial charge in [-0.2, -0.15) is 0 Å².